The molecular weight excluding hydrogens is 392 g/mol. The molecule has 31 heavy (non-hydrogen) atoms. The molecule has 7 heteroatoms. The third-order valence-electron chi connectivity index (χ3n) is 4.76. The summed E-state index contributed by atoms with van der Waals surface area (Å²) in [4.78, 5) is 0. The van der Waals surface area contributed by atoms with Gasteiger partial charge in [-0.25, -0.2) is 4.68 Å². The predicted molar refractivity (Wildman–Crippen MR) is 120 cm³/mol. The van der Waals surface area contributed by atoms with Gasteiger partial charge in [-0.2, -0.15) is 10.2 Å². The number of nitrogens with one attached hydrogen (secondary N) is 1. The zero-order valence-corrected chi connectivity index (χ0v) is 17.7. The van der Waals surface area contributed by atoms with Crippen molar-refractivity contribution in [1.82, 2.24) is 15.2 Å². The summed E-state index contributed by atoms with van der Waals surface area (Å²) in [7, 11) is 3.24. The van der Waals surface area contributed by atoms with Crippen LogP contribution in [0, 0.1) is 6.92 Å². The molecule has 0 amide bonds. The van der Waals surface area contributed by atoms with Crippen LogP contribution in [0.3, 0.4) is 0 Å². The van der Waals surface area contributed by atoms with Crippen LogP contribution in [0.2, 0.25) is 0 Å². The van der Waals surface area contributed by atoms with E-state index in [1.807, 2.05) is 78.5 Å². The van der Waals surface area contributed by atoms with Crippen LogP contribution in [0.4, 0.5) is 0 Å². The molecule has 0 unspecified atom stereocenters. The fourth-order valence-corrected chi connectivity index (χ4v) is 3.19. The average Bonchev–Trinajstić information content (AvgIpc) is 3.43. The first-order valence-corrected chi connectivity index (χ1v) is 9.86. The molecule has 0 saturated heterocycles. The van der Waals surface area contributed by atoms with Gasteiger partial charge in [0.2, 0.25) is 0 Å². The molecule has 2 heterocycles. The van der Waals surface area contributed by atoms with E-state index < -0.39 is 0 Å². The number of aromatic nitrogens is 2. The first-order chi connectivity index (χ1) is 15.2. The zero-order chi connectivity index (χ0) is 21.6. The first-order valence-electron chi connectivity index (χ1n) is 9.86. The molecule has 1 N–H and O–H groups in total. The van der Waals surface area contributed by atoms with Crippen molar-refractivity contribution in [1.29, 1.82) is 0 Å². The monoisotopic (exact) mass is 416 g/mol. The molecule has 0 saturated carbocycles. The Morgan fingerprint density at radius 1 is 1.03 bits per heavy atom. The molecule has 0 aliphatic rings. The Morgan fingerprint density at radius 3 is 2.55 bits per heavy atom. The lowest BCUT2D eigenvalue weighted by Crippen LogP contribution is -2.06. The average molecular weight is 416 g/mol. The summed E-state index contributed by atoms with van der Waals surface area (Å²) in [5.74, 6) is 2.92. The van der Waals surface area contributed by atoms with Crippen molar-refractivity contribution in [3.05, 3.63) is 83.7 Å². The van der Waals surface area contributed by atoms with Gasteiger partial charge in [-0.1, -0.05) is 24.3 Å². The number of benzene rings is 2. The standard InChI is InChI=1S/C24H24N4O3/c1-17-9-11-22(31-17)24-19(16-28(27-24)20-7-5-4-6-8-20)15-26-25-14-18-10-12-21(29-2)23(13-18)30-3/h4-13,15-16,25H,14H2,1-3H3/b26-15+. The van der Waals surface area contributed by atoms with Crippen LogP contribution < -0.4 is 14.9 Å². The highest BCUT2D eigenvalue weighted by atomic mass is 16.5. The van der Waals surface area contributed by atoms with E-state index in [-0.39, 0.29) is 0 Å². The van der Waals surface area contributed by atoms with Crippen LogP contribution in [0.15, 0.2) is 76.4 Å². The lowest BCUT2D eigenvalue weighted by molar-refractivity contribution is 0.354. The van der Waals surface area contributed by atoms with Crippen molar-refractivity contribution in [2.45, 2.75) is 13.5 Å². The second kappa shape index (κ2) is 9.21. The number of rotatable bonds is 8. The zero-order valence-electron chi connectivity index (χ0n) is 17.7. The Hall–Kier alpha value is -4.00. The molecule has 0 bridgehead atoms. The lowest BCUT2D eigenvalue weighted by atomic mass is 10.2. The first kappa shape index (κ1) is 20.3. The van der Waals surface area contributed by atoms with Crippen LogP contribution >= 0.6 is 0 Å². The van der Waals surface area contributed by atoms with Crippen LogP contribution in [0.5, 0.6) is 11.5 Å². The number of aryl methyl sites for hydroxylation is 1. The third kappa shape index (κ3) is 4.61. The van der Waals surface area contributed by atoms with Crippen molar-refractivity contribution in [2.75, 3.05) is 14.2 Å². The summed E-state index contributed by atoms with van der Waals surface area (Å²) in [5, 5.41) is 9.11. The van der Waals surface area contributed by atoms with Gasteiger partial charge in [-0.05, 0) is 48.9 Å². The van der Waals surface area contributed by atoms with Crippen molar-refractivity contribution in [3.8, 4) is 28.6 Å². The van der Waals surface area contributed by atoms with Crippen molar-refractivity contribution in [2.24, 2.45) is 5.10 Å². The summed E-state index contributed by atoms with van der Waals surface area (Å²) in [6.07, 6.45) is 3.69. The van der Waals surface area contributed by atoms with Gasteiger partial charge in [0.25, 0.3) is 0 Å². The largest absolute Gasteiger partial charge is 0.493 e. The van der Waals surface area contributed by atoms with E-state index in [2.05, 4.69) is 10.5 Å². The van der Waals surface area contributed by atoms with Gasteiger partial charge in [0.15, 0.2) is 17.3 Å². The van der Waals surface area contributed by atoms with E-state index in [0.29, 0.717) is 23.8 Å². The maximum atomic E-state index is 5.80. The van der Waals surface area contributed by atoms with Gasteiger partial charge in [0, 0.05) is 11.8 Å². The highest BCUT2D eigenvalue weighted by Crippen LogP contribution is 2.27. The van der Waals surface area contributed by atoms with E-state index in [4.69, 9.17) is 19.0 Å². The smallest absolute Gasteiger partial charge is 0.161 e. The van der Waals surface area contributed by atoms with Gasteiger partial charge >= 0.3 is 0 Å². The topological polar surface area (TPSA) is 73.8 Å². The predicted octanol–water partition coefficient (Wildman–Crippen LogP) is 4.58. The maximum Gasteiger partial charge on any atom is 0.161 e. The highest BCUT2D eigenvalue weighted by Gasteiger charge is 2.14. The minimum Gasteiger partial charge on any atom is -0.493 e. The Morgan fingerprint density at radius 2 is 1.84 bits per heavy atom. The van der Waals surface area contributed by atoms with Crippen molar-refractivity contribution < 1.29 is 13.9 Å². The molecule has 4 aromatic rings. The second-order valence-electron chi connectivity index (χ2n) is 6.91. The second-order valence-corrected chi connectivity index (χ2v) is 6.91. The summed E-state index contributed by atoms with van der Waals surface area (Å²) >= 11 is 0. The van der Waals surface area contributed by atoms with E-state index in [9.17, 15) is 0 Å². The van der Waals surface area contributed by atoms with E-state index in [1.165, 1.54) is 0 Å². The van der Waals surface area contributed by atoms with E-state index in [0.717, 1.165) is 28.3 Å². The fourth-order valence-electron chi connectivity index (χ4n) is 3.19. The maximum absolute atomic E-state index is 5.80. The Balaban J connectivity index is 1.54. The molecule has 4 rings (SSSR count). The molecule has 0 aliphatic heterocycles. The number of hydrogen-bond acceptors (Lipinski definition) is 6. The molecule has 0 radical (unpaired) electrons. The minimum absolute atomic E-state index is 0.541. The minimum atomic E-state index is 0.541. The normalized spacial score (nSPS) is 11.1. The summed E-state index contributed by atoms with van der Waals surface area (Å²) in [6.45, 7) is 2.45. The Kier molecular flexibility index (Phi) is 6.03. The van der Waals surface area contributed by atoms with Gasteiger partial charge in [0.05, 0.1) is 32.7 Å². The quantitative estimate of drug-likeness (QED) is 0.336. The summed E-state index contributed by atoms with van der Waals surface area (Å²) in [5.41, 5.74) is 6.64. The number of nitrogens with zero attached hydrogens (tertiary/aromatic N) is 3. The van der Waals surface area contributed by atoms with Crippen LogP contribution in [0.25, 0.3) is 17.1 Å². The van der Waals surface area contributed by atoms with Gasteiger partial charge < -0.3 is 19.3 Å². The third-order valence-corrected chi connectivity index (χ3v) is 4.76. The van der Waals surface area contributed by atoms with E-state index in [1.54, 1.807) is 20.4 Å². The summed E-state index contributed by atoms with van der Waals surface area (Å²) in [6, 6.07) is 19.5. The number of methoxy groups -OCH3 is 2. The number of hydrogen-bond donors (Lipinski definition) is 1. The van der Waals surface area contributed by atoms with Gasteiger partial charge in [-0.15, -0.1) is 0 Å². The van der Waals surface area contributed by atoms with E-state index >= 15 is 0 Å². The summed E-state index contributed by atoms with van der Waals surface area (Å²) < 4.78 is 18.2. The number of furan rings is 1. The Bertz CT molecular complexity index is 1180. The molecule has 0 spiro atoms. The molecule has 2 aromatic heterocycles. The number of hydrazone groups is 1. The van der Waals surface area contributed by atoms with Gasteiger partial charge in [0.1, 0.15) is 11.5 Å². The fraction of sp³-hybridized carbons (Fsp3) is 0.167. The molecule has 158 valence electrons. The van der Waals surface area contributed by atoms with Crippen molar-refractivity contribution in [3.63, 3.8) is 0 Å². The van der Waals surface area contributed by atoms with Crippen molar-refractivity contribution >= 4 is 6.21 Å². The molecule has 0 aliphatic carbocycles. The molecular formula is C24H24N4O3. The van der Waals surface area contributed by atoms with Crippen LogP contribution in [0.1, 0.15) is 16.9 Å². The number of ether oxygens (including phenoxy) is 2. The Labute approximate surface area is 180 Å². The number of para-hydroxylation sites is 1. The molecule has 0 fully saturated rings. The molecule has 0 atom stereocenters. The van der Waals surface area contributed by atoms with Crippen LogP contribution in [-0.4, -0.2) is 30.2 Å². The SMILES string of the molecule is COc1ccc(CN/N=C/c2cn(-c3ccccc3)nc2-c2ccc(C)o2)cc1OC. The highest BCUT2D eigenvalue weighted by molar-refractivity contribution is 5.87. The lowest BCUT2D eigenvalue weighted by Gasteiger charge is -2.09. The van der Waals surface area contributed by atoms with Crippen LogP contribution in [-0.2, 0) is 6.54 Å². The molecule has 7 nitrogen and oxygen atoms in total. The molecule has 2 aromatic carbocycles. The van der Waals surface area contributed by atoms with Gasteiger partial charge in [-0.3, -0.25) is 0 Å².